The summed E-state index contributed by atoms with van der Waals surface area (Å²) in [7, 11) is 0. The van der Waals surface area contributed by atoms with Crippen LogP contribution < -0.4 is 0 Å². The number of hydrogen-bond donors (Lipinski definition) is 2. The Morgan fingerprint density at radius 1 is 1.80 bits per heavy atom. The molecule has 0 spiro atoms. The Morgan fingerprint density at radius 2 is 2.60 bits per heavy atom. The van der Waals surface area contributed by atoms with Crippen molar-refractivity contribution in [2.75, 3.05) is 0 Å². The summed E-state index contributed by atoms with van der Waals surface area (Å²) >= 11 is 0. The van der Waals surface area contributed by atoms with Crippen molar-refractivity contribution in [3.05, 3.63) is 24.5 Å². The number of hydrogen-bond acceptors (Lipinski definition) is 4. The molecular formula is C5H5N3O2. The second kappa shape index (κ2) is 2.77. The first kappa shape index (κ1) is 6.47. The first-order valence-electron chi connectivity index (χ1n) is 2.55. The minimum absolute atomic E-state index is 0.116. The summed E-state index contributed by atoms with van der Waals surface area (Å²) in [5, 5.41) is 14.0. The zero-order valence-corrected chi connectivity index (χ0v) is 4.98. The van der Waals surface area contributed by atoms with E-state index in [1.165, 1.54) is 6.33 Å². The van der Waals surface area contributed by atoms with E-state index in [-0.39, 0.29) is 5.82 Å². The van der Waals surface area contributed by atoms with Crippen molar-refractivity contribution in [3.8, 4) is 0 Å². The quantitative estimate of drug-likeness (QED) is 0.345. The zero-order valence-electron chi connectivity index (χ0n) is 4.98. The molecule has 0 unspecified atom stereocenters. The maximum Gasteiger partial charge on any atom is 0.225 e. The third-order valence-electron chi connectivity index (χ3n) is 0.874. The molecule has 0 atom stereocenters. The fraction of sp³-hybridized carbons (Fsp3) is 0. The van der Waals surface area contributed by atoms with Crippen LogP contribution >= 0.6 is 0 Å². The zero-order chi connectivity index (χ0) is 7.40. The van der Waals surface area contributed by atoms with Gasteiger partial charge in [-0.2, -0.15) is 5.10 Å². The Labute approximate surface area is 56.4 Å². The molecule has 0 amide bonds. The molecule has 1 aromatic heterocycles. The van der Waals surface area contributed by atoms with Gasteiger partial charge in [-0.05, 0) is 0 Å². The fourth-order valence-electron chi connectivity index (χ4n) is 0.471. The first-order valence-corrected chi connectivity index (χ1v) is 2.55. The number of H-pyrrole nitrogens is 1. The standard InChI is InChI=1S/C5H5N3O2/c9-2-1-4(10)5-6-3-7-8-5/h1-3,9H,(H,6,7,8). The molecule has 52 valence electrons. The van der Waals surface area contributed by atoms with Gasteiger partial charge in [-0.1, -0.05) is 0 Å². The summed E-state index contributed by atoms with van der Waals surface area (Å²) < 4.78 is 0. The Hall–Kier alpha value is -1.65. The molecule has 0 aliphatic carbocycles. The number of ketones is 1. The van der Waals surface area contributed by atoms with Crippen molar-refractivity contribution < 1.29 is 9.90 Å². The lowest BCUT2D eigenvalue weighted by atomic mass is 10.4. The normalized spacial score (nSPS) is 10.4. The van der Waals surface area contributed by atoms with E-state index < -0.39 is 5.78 Å². The highest BCUT2D eigenvalue weighted by atomic mass is 16.2. The largest absolute Gasteiger partial charge is 0.515 e. The van der Waals surface area contributed by atoms with Crippen LogP contribution in [0.2, 0.25) is 0 Å². The Bertz CT molecular complexity index is 239. The summed E-state index contributed by atoms with van der Waals surface area (Å²) in [6, 6.07) is 0. The molecule has 0 fully saturated rings. The third-order valence-corrected chi connectivity index (χ3v) is 0.874. The van der Waals surface area contributed by atoms with Crippen LogP contribution in [0.5, 0.6) is 0 Å². The summed E-state index contributed by atoms with van der Waals surface area (Å²) in [4.78, 5) is 14.3. The number of aromatic amines is 1. The van der Waals surface area contributed by atoms with E-state index in [0.29, 0.717) is 6.26 Å². The molecule has 0 radical (unpaired) electrons. The van der Waals surface area contributed by atoms with Gasteiger partial charge in [0.15, 0.2) is 5.82 Å². The molecule has 5 nitrogen and oxygen atoms in total. The predicted molar refractivity (Wildman–Crippen MR) is 32.5 cm³/mol. The van der Waals surface area contributed by atoms with Gasteiger partial charge in [-0.25, -0.2) is 4.98 Å². The van der Waals surface area contributed by atoms with Gasteiger partial charge in [0.2, 0.25) is 5.78 Å². The Morgan fingerprint density at radius 3 is 3.10 bits per heavy atom. The monoisotopic (exact) mass is 139 g/mol. The minimum atomic E-state index is -0.403. The average Bonchev–Trinajstić information content (AvgIpc) is 2.38. The van der Waals surface area contributed by atoms with Gasteiger partial charge in [0.1, 0.15) is 6.33 Å². The van der Waals surface area contributed by atoms with Gasteiger partial charge >= 0.3 is 0 Å². The molecule has 0 saturated carbocycles. The van der Waals surface area contributed by atoms with Crippen LogP contribution in [0, 0.1) is 0 Å². The smallest absolute Gasteiger partial charge is 0.225 e. The van der Waals surface area contributed by atoms with Gasteiger partial charge < -0.3 is 5.11 Å². The van der Waals surface area contributed by atoms with E-state index in [1.54, 1.807) is 0 Å². The van der Waals surface area contributed by atoms with Crippen LogP contribution in [0.25, 0.3) is 0 Å². The number of nitrogens with one attached hydrogen (secondary N) is 1. The number of aliphatic hydroxyl groups is 1. The predicted octanol–water partition coefficient (Wildman–Crippen LogP) is 0.0591. The van der Waals surface area contributed by atoms with Crippen molar-refractivity contribution in [1.82, 2.24) is 15.2 Å². The molecule has 2 N–H and O–H groups in total. The number of carbonyl (C=O) groups excluding carboxylic acids is 1. The Balaban J connectivity index is 2.78. The molecule has 1 rings (SSSR count). The Kier molecular flexibility index (Phi) is 1.79. The van der Waals surface area contributed by atoms with Crippen LogP contribution in [-0.2, 0) is 0 Å². The van der Waals surface area contributed by atoms with Gasteiger partial charge in [-0.3, -0.25) is 9.89 Å². The number of nitrogens with zero attached hydrogens (tertiary/aromatic N) is 2. The third kappa shape index (κ3) is 1.19. The van der Waals surface area contributed by atoms with E-state index in [0.717, 1.165) is 6.08 Å². The van der Waals surface area contributed by atoms with E-state index in [9.17, 15) is 4.79 Å². The van der Waals surface area contributed by atoms with Crippen LogP contribution in [0.1, 0.15) is 10.6 Å². The topological polar surface area (TPSA) is 78.9 Å². The fourth-order valence-corrected chi connectivity index (χ4v) is 0.471. The van der Waals surface area contributed by atoms with E-state index in [2.05, 4.69) is 15.2 Å². The molecule has 0 aromatic carbocycles. The molecule has 0 saturated heterocycles. The van der Waals surface area contributed by atoms with E-state index >= 15 is 0 Å². The molecule has 10 heavy (non-hydrogen) atoms. The maximum absolute atomic E-state index is 10.7. The molecular weight excluding hydrogens is 134 g/mol. The molecule has 1 heterocycles. The number of aliphatic hydroxyl groups excluding tert-OH is 1. The van der Waals surface area contributed by atoms with Gasteiger partial charge in [0, 0.05) is 6.08 Å². The van der Waals surface area contributed by atoms with Gasteiger partial charge in [0.25, 0.3) is 0 Å². The highest BCUT2D eigenvalue weighted by molar-refractivity contribution is 6.01. The van der Waals surface area contributed by atoms with E-state index in [1.807, 2.05) is 0 Å². The van der Waals surface area contributed by atoms with Crippen molar-refractivity contribution >= 4 is 5.78 Å². The average molecular weight is 139 g/mol. The molecule has 0 bridgehead atoms. The molecule has 0 aliphatic rings. The van der Waals surface area contributed by atoms with Crippen molar-refractivity contribution in [2.45, 2.75) is 0 Å². The number of rotatable bonds is 2. The summed E-state index contributed by atoms with van der Waals surface area (Å²) in [6.07, 6.45) is 2.86. The van der Waals surface area contributed by atoms with Crippen molar-refractivity contribution in [1.29, 1.82) is 0 Å². The van der Waals surface area contributed by atoms with Gasteiger partial charge in [0.05, 0.1) is 6.26 Å². The minimum Gasteiger partial charge on any atom is -0.515 e. The SMILES string of the molecule is O=C(C=CO)c1ncn[nH]1. The maximum atomic E-state index is 10.7. The summed E-state index contributed by atoms with van der Waals surface area (Å²) in [6.45, 7) is 0. The summed E-state index contributed by atoms with van der Waals surface area (Å²) in [5.41, 5.74) is 0. The highest BCUT2D eigenvalue weighted by Crippen LogP contribution is 1.88. The number of allylic oxidation sites excluding steroid dienone is 1. The second-order valence-corrected chi connectivity index (χ2v) is 1.51. The lowest BCUT2D eigenvalue weighted by Gasteiger charge is -1.81. The lowest BCUT2D eigenvalue weighted by molar-refractivity contribution is 0.103. The van der Waals surface area contributed by atoms with Gasteiger partial charge in [-0.15, -0.1) is 0 Å². The van der Waals surface area contributed by atoms with Crippen LogP contribution in [0.3, 0.4) is 0 Å². The summed E-state index contributed by atoms with van der Waals surface area (Å²) in [5.74, 6) is -0.287. The molecule has 5 heteroatoms. The molecule has 1 aromatic rings. The second-order valence-electron chi connectivity index (χ2n) is 1.51. The number of aromatic nitrogens is 3. The van der Waals surface area contributed by atoms with Crippen LogP contribution in [0.15, 0.2) is 18.7 Å². The van der Waals surface area contributed by atoms with Crippen LogP contribution in [-0.4, -0.2) is 26.1 Å². The van der Waals surface area contributed by atoms with Crippen molar-refractivity contribution in [3.63, 3.8) is 0 Å². The van der Waals surface area contributed by atoms with Crippen LogP contribution in [0.4, 0.5) is 0 Å². The van der Waals surface area contributed by atoms with E-state index in [4.69, 9.17) is 5.11 Å². The first-order chi connectivity index (χ1) is 4.84. The number of carbonyl (C=O) groups is 1. The highest BCUT2D eigenvalue weighted by Gasteiger charge is 2.02. The lowest BCUT2D eigenvalue weighted by Crippen LogP contribution is -1.96. The van der Waals surface area contributed by atoms with Crippen molar-refractivity contribution in [2.24, 2.45) is 0 Å². The molecule has 0 aliphatic heterocycles.